The Hall–Kier alpha value is 0.700. The van der Waals surface area contributed by atoms with Gasteiger partial charge in [-0.3, -0.25) is 0 Å². The van der Waals surface area contributed by atoms with Gasteiger partial charge in [0.15, 0.2) is 0 Å². The SMILES string of the molecule is CCC(C)S.CCCCS. The number of rotatable bonds is 3. The summed E-state index contributed by atoms with van der Waals surface area (Å²) in [5.74, 6) is 1.04. The van der Waals surface area contributed by atoms with Crippen LogP contribution in [0.4, 0.5) is 0 Å². The molecule has 0 aromatic rings. The summed E-state index contributed by atoms with van der Waals surface area (Å²) in [6, 6.07) is 0. The molecule has 0 saturated heterocycles. The zero-order valence-electron chi connectivity index (χ0n) is 7.30. The lowest BCUT2D eigenvalue weighted by Gasteiger charge is -1.89. The maximum Gasteiger partial charge on any atom is -0.00142 e. The highest BCUT2D eigenvalue weighted by molar-refractivity contribution is 7.80. The van der Waals surface area contributed by atoms with Crippen molar-refractivity contribution in [3.63, 3.8) is 0 Å². The van der Waals surface area contributed by atoms with E-state index in [-0.39, 0.29) is 0 Å². The Morgan fingerprint density at radius 3 is 1.70 bits per heavy atom. The van der Waals surface area contributed by atoms with Crippen molar-refractivity contribution in [2.75, 3.05) is 5.75 Å². The molecule has 0 amide bonds. The number of thiol groups is 2. The molecule has 0 rings (SSSR count). The fraction of sp³-hybridized carbons (Fsp3) is 1.00. The lowest BCUT2D eigenvalue weighted by molar-refractivity contribution is 0.899. The summed E-state index contributed by atoms with van der Waals surface area (Å²) in [6.45, 7) is 6.37. The van der Waals surface area contributed by atoms with E-state index in [9.17, 15) is 0 Å². The van der Waals surface area contributed by atoms with E-state index in [1.54, 1.807) is 0 Å². The van der Waals surface area contributed by atoms with Gasteiger partial charge in [-0.2, -0.15) is 25.3 Å². The summed E-state index contributed by atoms with van der Waals surface area (Å²) in [5, 5.41) is 0.579. The predicted octanol–water partition coefficient (Wildman–Crippen LogP) is 3.43. The van der Waals surface area contributed by atoms with Gasteiger partial charge in [-0.15, -0.1) is 0 Å². The molecule has 1 atom stereocenters. The van der Waals surface area contributed by atoms with Crippen molar-refractivity contribution in [1.29, 1.82) is 0 Å². The van der Waals surface area contributed by atoms with E-state index < -0.39 is 0 Å². The Labute approximate surface area is 76.6 Å². The Balaban J connectivity index is 0. The van der Waals surface area contributed by atoms with Crippen LogP contribution in [-0.4, -0.2) is 11.0 Å². The van der Waals surface area contributed by atoms with Gasteiger partial charge in [-0.25, -0.2) is 0 Å². The quantitative estimate of drug-likeness (QED) is 0.611. The minimum atomic E-state index is 0.579. The molecule has 0 bridgehead atoms. The molecule has 10 heavy (non-hydrogen) atoms. The van der Waals surface area contributed by atoms with Crippen LogP contribution in [0.3, 0.4) is 0 Å². The average Bonchev–Trinajstić information content (AvgIpc) is 1.91. The minimum absolute atomic E-state index is 0.579. The van der Waals surface area contributed by atoms with E-state index in [0.717, 1.165) is 5.75 Å². The van der Waals surface area contributed by atoms with Crippen molar-refractivity contribution in [3.05, 3.63) is 0 Å². The van der Waals surface area contributed by atoms with Crippen LogP contribution in [0.1, 0.15) is 40.0 Å². The normalized spacial score (nSPS) is 11.7. The maximum atomic E-state index is 4.10. The third-order valence-electron chi connectivity index (χ3n) is 1.10. The van der Waals surface area contributed by atoms with Crippen LogP contribution in [0.15, 0.2) is 0 Å². The fourth-order valence-corrected chi connectivity index (χ4v) is 0.474. The fourth-order valence-electron chi connectivity index (χ4n) is 0.158. The van der Waals surface area contributed by atoms with Crippen LogP contribution in [0.25, 0.3) is 0 Å². The van der Waals surface area contributed by atoms with Gasteiger partial charge in [-0.1, -0.05) is 27.2 Å². The zero-order chi connectivity index (χ0) is 8.41. The minimum Gasteiger partial charge on any atom is -0.179 e. The molecule has 0 spiro atoms. The maximum absolute atomic E-state index is 4.10. The van der Waals surface area contributed by atoms with Gasteiger partial charge in [0.1, 0.15) is 0 Å². The molecule has 0 aromatic heterocycles. The molecule has 0 fully saturated rings. The van der Waals surface area contributed by atoms with Crippen molar-refractivity contribution >= 4 is 25.3 Å². The Morgan fingerprint density at radius 2 is 1.70 bits per heavy atom. The van der Waals surface area contributed by atoms with Crippen molar-refractivity contribution in [2.45, 2.75) is 45.3 Å². The van der Waals surface area contributed by atoms with Crippen LogP contribution in [0.2, 0.25) is 0 Å². The molecule has 64 valence electrons. The summed E-state index contributed by atoms with van der Waals surface area (Å²) < 4.78 is 0. The summed E-state index contributed by atoms with van der Waals surface area (Å²) in [5.41, 5.74) is 0. The van der Waals surface area contributed by atoms with Crippen molar-refractivity contribution < 1.29 is 0 Å². The Kier molecular flexibility index (Phi) is 16.5. The highest BCUT2D eigenvalue weighted by atomic mass is 32.1. The van der Waals surface area contributed by atoms with Crippen LogP contribution in [-0.2, 0) is 0 Å². The molecule has 0 N–H and O–H groups in total. The van der Waals surface area contributed by atoms with E-state index in [1.807, 2.05) is 0 Å². The second kappa shape index (κ2) is 12.4. The second-order valence-electron chi connectivity index (χ2n) is 2.33. The molecular weight excluding hydrogens is 160 g/mol. The molecule has 0 heterocycles. The van der Waals surface area contributed by atoms with Crippen molar-refractivity contribution in [1.82, 2.24) is 0 Å². The summed E-state index contributed by atoms with van der Waals surface area (Å²) in [4.78, 5) is 0. The lowest BCUT2D eigenvalue weighted by atomic mass is 10.4. The third-order valence-corrected chi connectivity index (χ3v) is 1.78. The molecule has 0 aliphatic carbocycles. The summed E-state index contributed by atoms with van der Waals surface area (Å²) >= 11 is 8.10. The molecule has 1 unspecified atom stereocenters. The standard InChI is InChI=1S/2C4H10S/c1-3-4(2)5;1-2-3-4-5/h4-5H,3H2,1-2H3;5H,2-4H2,1H3. The second-order valence-corrected chi connectivity index (χ2v) is 3.66. The van der Waals surface area contributed by atoms with E-state index in [2.05, 4.69) is 46.0 Å². The Morgan fingerprint density at radius 1 is 1.30 bits per heavy atom. The molecule has 2 heteroatoms. The van der Waals surface area contributed by atoms with Crippen LogP contribution < -0.4 is 0 Å². The lowest BCUT2D eigenvalue weighted by Crippen LogP contribution is -1.81. The average molecular weight is 180 g/mol. The largest absolute Gasteiger partial charge is 0.179 e. The van der Waals surface area contributed by atoms with Crippen LogP contribution in [0, 0.1) is 0 Å². The molecule has 0 saturated carbocycles. The topological polar surface area (TPSA) is 0 Å². The van der Waals surface area contributed by atoms with Gasteiger partial charge in [0.2, 0.25) is 0 Å². The predicted molar refractivity (Wildman–Crippen MR) is 57.5 cm³/mol. The number of hydrogen-bond donors (Lipinski definition) is 2. The van der Waals surface area contributed by atoms with Gasteiger partial charge in [0.05, 0.1) is 0 Å². The molecule has 0 radical (unpaired) electrons. The van der Waals surface area contributed by atoms with Gasteiger partial charge in [0.25, 0.3) is 0 Å². The highest BCUT2D eigenvalue weighted by Gasteiger charge is 1.81. The van der Waals surface area contributed by atoms with E-state index in [0.29, 0.717) is 5.25 Å². The van der Waals surface area contributed by atoms with E-state index >= 15 is 0 Å². The van der Waals surface area contributed by atoms with E-state index in [4.69, 9.17) is 0 Å². The van der Waals surface area contributed by atoms with Crippen molar-refractivity contribution in [2.24, 2.45) is 0 Å². The molecule has 0 aliphatic heterocycles. The first kappa shape index (κ1) is 13.3. The third kappa shape index (κ3) is 23.4. The monoisotopic (exact) mass is 180 g/mol. The van der Waals surface area contributed by atoms with Crippen LogP contribution >= 0.6 is 25.3 Å². The summed E-state index contributed by atoms with van der Waals surface area (Å²) in [6.07, 6.45) is 3.69. The molecular formula is C8H20S2. The van der Waals surface area contributed by atoms with Gasteiger partial charge < -0.3 is 0 Å². The number of hydrogen-bond acceptors (Lipinski definition) is 2. The smallest absolute Gasteiger partial charge is 0.00142 e. The Bertz CT molecular complexity index is 42.5. The van der Waals surface area contributed by atoms with Gasteiger partial charge in [0, 0.05) is 0 Å². The molecule has 0 nitrogen and oxygen atoms in total. The first-order chi connectivity index (χ1) is 4.68. The van der Waals surface area contributed by atoms with Crippen molar-refractivity contribution in [3.8, 4) is 0 Å². The highest BCUT2D eigenvalue weighted by Crippen LogP contribution is 1.94. The molecule has 0 aliphatic rings. The molecule has 0 aromatic carbocycles. The zero-order valence-corrected chi connectivity index (χ0v) is 9.09. The van der Waals surface area contributed by atoms with Gasteiger partial charge in [-0.05, 0) is 23.8 Å². The van der Waals surface area contributed by atoms with Crippen LogP contribution in [0.5, 0.6) is 0 Å². The number of unbranched alkanes of at least 4 members (excludes halogenated alkanes) is 1. The summed E-state index contributed by atoms with van der Waals surface area (Å²) in [7, 11) is 0. The first-order valence-corrected chi connectivity index (χ1v) is 5.12. The van der Waals surface area contributed by atoms with E-state index in [1.165, 1.54) is 19.3 Å². The van der Waals surface area contributed by atoms with Gasteiger partial charge >= 0.3 is 0 Å². The first-order valence-electron chi connectivity index (χ1n) is 3.97.